The average Bonchev–Trinajstić information content (AvgIpc) is 1.79. The topological polar surface area (TPSA) is 551 Å². The predicted molar refractivity (Wildman–Crippen MR) is 371 cm³/mol. The number of nitrogens with two attached hydrogens (primary N) is 3. The maximum absolute atomic E-state index is 14.9. The molecule has 3 heterocycles. The highest BCUT2D eigenvalue weighted by molar-refractivity contribution is 8.14. The zero-order valence-electron chi connectivity index (χ0n) is 58.5. The van der Waals surface area contributed by atoms with Gasteiger partial charge in [-0.1, -0.05) is 91.6 Å². The van der Waals surface area contributed by atoms with Gasteiger partial charge in [0.25, 0.3) is 0 Å². The van der Waals surface area contributed by atoms with Crippen LogP contribution < -0.4 is 75.7 Å². The van der Waals surface area contributed by atoms with Crippen molar-refractivity contribution < 1.29 is 82.4 Å². The molecular formula is C66H103N17O17S. The molecule has 21 N–H and O–H groups in total. The molecule has 0 bridgehead atoms. The average molecular weight is 1440 g/mol. The lowest BCUT2D eigenvalue weighted by Gasteiger charge is -2.31. The Labute approximate surface area is 590 Å². The number of aliphatic carboxylic acids is 2. The number of amides is 12. The lowest BCUT2D eigenvalue weighted by atomic mass is 9.94. The number of aromatic nitrogens is 2. The molecule has 2 aliphatic heterocycles. The number of aliphatic hydroxyl groups is 1. The van der Waals surface area contributed by atoms with Crippen molar-refractivity contribution in [2.75, 3.05) is 18.8 Å². The molecule has 0 spiro atoms. The van der Waals surface area contributed by atoms with E-state index in [1.807, 2.05) is 13.8 Å². The van der Waals surface area contributed by atoms with E-state index in [0.717, 1.165) is 6.42 Å². The van der Waals surface area contributed by atoms with Crippen molar-refractivity contribution >= 4 is 99.6 Å². The second-order valence-electron chi connectivity index (χ2n) is 26.2. The molecule has 4 rings (SSSR count). The Morgan fingerprint density at radius 1 is 0.683 bits per heavy atom. The number of nitrogens with zero attached hydrogens (tertiary/aromatic N) is 2. The molecule has 2 aromatic rings. The summed E-state index contributed by atoms with van der Waals surface area (Å²) in [6, 6.07) is -9.07. The summed E-state index contributed by atoms with van der Waals surface area (Å²) in [6.45, 7) is 13.3. The highest BCUT2D eigenvalue weighted by atomic mass is 32.2. The summed E-state index contributed by atoms with van der Waals surface area (Å²) in [7, 11) is 0. The SMILES string of the molecule is CC[C@H](C)[C@H](N)C1=N[C@H](C(=O)N[C@@H](CC(C)C)C(=O)N[C@H](CCC(=O)O)C(=O)N[C@H](C(=O)N[C@H]2CCCCNC(=O)[C@H](CC(N)=O)NC(=O)[C@@H](CC(=O)O)NC(=O)[C@H](Cc3cnc[nH]3)NC(=O)[C@@H](Cc3ccccc3)NC(=O)[C@H]([C@@H](C)CC)NC(=O)[C@@H](CCCN)NC2=O)[C@@H](C)C(C)O)CS1. The number of hydrogen-bond acceptors (Lipinski definition) is 20. The Morgan fingerprint density at radius 2 is 1.29 bits per heavy atom. The van der Waals surface area contributed by atoms with E-state index in [0.29, 0.717) is 10.6 Å². The number of benzene rings is 1. The molecule has 1 aromatic carbocycles. The lowest BCUT2D eigenvalue weighted by Crippen LogP contribution is -2.62. The molecule has 34 nitrogen and oxygen atoms in total. The molecule has 1 aromatic heterocycles. The van der Waals surface area contributed by atoms with Gasteiger partial charge in [0.1, 0.15) is 66.5 Å². The summed E-state index contributed by atoms with van der Waals surface area (Å²) in [4.78, 5) is 207. The quantitative estimate of drug-likeness (QED) is 0.0365. The number of primary amides is 1. The summed E-state index contributed by atoms with van der Waals surface area (Å²) in [6.07, 6.45) is -1.73. The first-order valence-electron chi connectivity index (χ1n) is 34.2. The number of carbonyl (C=O) groups excluding carboxylic acids is 12. The van der Waals surface area contributed by atoms with Crippen LogP contribution >= 0.6 is 11.8 Å². The van der Waals surface area contributed by atoms with Crippen molar-refractivity contribution in [1.82, 2.24) is 68.5 Å². The number of thioether (sulfide) groups is 1. The third-order valence-corrected chi connectivity index (χ3v) is 18.7. The van der Waals surface area contributed by atoms with Crippen LogP contribution in [0.2, 0.25) is 0 Å². The molecule has 16 atom stereocenters. The van der Waals surface area contributed by atoms with E-state index >= 15 is 0 Å². The number of carboxylic acid groups (broad SMARTS) is 2. The molecule has 1 unspecified atom stereocenters. The van der Waals surface area contributed by atoms with Crippen LogP contribution in [0.25, 0.3) is 0 Å². The van der Waals surface area contributed by atoms with Crippen LogP contribution in [-0.4, -0.2) is 211 Å². The summed E-state index contributed by atoms with van der Waals surface area (Å²) in [5.74, 6) is -16.6. The van der Waals surface area contributed by atoms with Crippen molar-refractivity contribution in [3.63, 3.8) is 0 Å². The Bertz CT molecular complexity index is 3200. The number of carboxylic acids is 2. The van der Waals surface area contributed by atoms with E-state index in [9.17, 15) is 82.4 Å². The maximum atomic E-state index is 14.9. The molecule has 1 fully saturated rings. The van der Waals surface area contributed by atoms with Crippen LogP contribution in [0, 0.1) is 23.7 Å². The highest BCUT2D eigenvalue weighted by Crippen LogP contribution is 2.25. The van der Waals surface area contributed by atoms with Crippen molar-refractivity contribution in [1.29, 1.82) is 0 Å². The predicted octanol–water partition coefficient (Wildman–Crippen LogP) is -2.71. The number of carbonyl (C=O) groups is 14. The summed E-state index contributed by atoms with van der Waals surface area (Å²) < 4.78 is 0. The van der Waals surface area contributed by atoms with Crippen molar-refractivity contribution in [2.45, 2.75) is 224 Å². The van der Waals surface area contributed by atoms with Crippen LogP contribution in [0.4, 0.5) is 0 Å². The van der Waals surface area contributed by atoms with Gasteiger partial charge in [0.05, 0.1) is 36.4 Å². The Hall–Kier alpha value is -9.09. The zero-order valence-corrected chi connectivity index (χ0v) is 59.3. The van der Waals surface area contributed by atoms with Crippen LogP contribution in [-0.2, 0) is 80.0 Å². The molecule has 12 amide bonds. The summed E-state index contributed by atoms with van der Waals surface area (Å²) >= 11 is 1.33. The molecule has 1 saturated heterocycles. The van der Waals surface area contributed by atoms with Crippen LogP contribution in [0.5, 0.6) is 0 Å². The number of aromatic amines is 1. The normalized spacial score (nSPS) is 23.4. The fraction of sp³-hybridized carbons (Fsp3) is 0.636. The smallest absolute Gasteiger partial charge is 0.305 e. The van der Waals surface area contributed by atoms with Gasteiger partial charge in [-0.15, -0.1) is 11.8 Å². The minimum Gasteiger partial charge on any atom is -0.481 e. The third-order valence-electron chi connectivity index (χ3n) is 17.6. The van der Waals surface area contributed by atoms with Crippen molar-refractivity contribution in [3.05, 3.63) is 54.1 Å². The molecule has 0 radical (unpaired) electrons. The number of hydrogen-bond donors (Lipinski definition) is 18. The van der Waals surface area contributed by atoms with E-state index in [4.69, 9.17) is 17.2 Å². The number of imidazole rings is 1. The summed E-state index contributed by atoms with van der Waals surface area (Å²) in [5.41, 5.74) is 18.7. The standard InChI is InChI=1S/C66H103N17O17S/c1-9-34(5)52(69)66-81-48(31-101-66)63(98)76-43(25-33(3)4)59(94)74-42(21-22-50(86)87)58(93)83-54(36(7)37(8)84)65(100)75-40-19-14-15-24-71-55(90)46(28-49(68)85)78-62(97)47(29-51(88)89)79-61(96)45(27-39-30-70-32-72-39)77-60(95)44(26-38-17-12-11-13-18-38)80-64(99)53(35(6)10-2)82-57(92)41(20-16-23-67)73-56(40)91/h11-13,17-18,30,32-37,40-48,52-54,84H,9-10,14-16,19-29,31,67,69H2,1-8H3,(H2,68,85)(H,70,72)(H,71,90)(H,73,91)(H,74,94)(H,75,100)(H,76,98)(H,77,95)(H,78,97)(H,79,96)(H,80,99)(H,82,92)(H,83,93)(H,86,87)(H,88,89)/t34-,35-,36-,37?,40-,41+,42+,43-,44+,45-,46-,47+,48-,52-,53-,54-/m0/s1. The molecule has 101 heavy (non-hydrogen) atoms. The second kappa shape index (κ2) is 42.2. The largest absolute Gasteiger partial charge is 0.481 e. The van der Waals surface area contributed by atoms with E-state index in [-0.39, 0.29) is 94.2 Å². The van der Waals surface area contributed by atoms with Gasteiger partial charge >= 0.3 is 11.9 Å². The number of aliphatic imine (C=N–C) groups is 1. The zero-order chi connectivity index (χ0) is 75.2. The van der Waals surface area contributed by atoms with Gasteiger partial charge in [0.15, 0.2) is 0 Å². The molecule has 0 aliphatic carbocycles. The fourth-order valence-electron chi connectivity index (χ4n) is 10.9. The first-order valence-corrected chi connectivity index (χ1v) is 35.1. The fourth-order valence-corrected chi connectivity index (χ4v) is 12.1. The lowest BCUT2D eigenvalue weighted by molar-refractivity contribution is -0.142. The van der Waals surface area contributed by atoms with Gasteiger partial charge in [-0.3, -0.25) is 72.1 Å². The second-order valence-corrected chi connectivity index (χ2v) is 27.2. The van der Waals surface area contributed by atoms with Crippen LogP contribution in [0.3, 0.4) is 0 Å². The van der Waals surface area contributed by atoms with Gasteiger partial charge in [-0.25, -0.2) is 4.98 Å². The molecule has 35 heteroatoms. The number of aliphatic hydroxyl groups excluding tert-OH is 1. The molecule has 560 valence electrons. The van der Waals surface area contributed by atoms with Gasteiger partial charge in [-0.2, -0.15) is 0 Å². The molecular weight excluding hydrogens is 1330 g/mol. The van der Waals surface area contributed by atoms with E-state index in [2.05, 4.69) is 73.4 Å². The number of H-pyrrole nitrogens is 1. The minimum absolute atomic E-state index is 0.00394. The van der Waals surface area contributed by atoms with Gasteiger partial charge in [0, 0.05) is 49.4 Å². The summed E-state index contributed by atoms with van der Waals surface area (Å²) in [5, 5.41) is 59.6. The first-order chi connectivity index (χ1) is 47.8. The third kappa shape index (κ3) is 28.1. The Kier molecular flexibility index (Phi) is 35.3. The minimum atomic E-state index is -1.96. The highest BCUT2D eigenvalue weighted by Gasteiger charge is 2.40. The molecule has 2 aliphatic rings. The Morgan fingerprint density at radius 3 is 1.87 bits per heavy atom. The van der Waals surface area contributed by atoms with Gasteiger partial charge in [0.2, 0.25) is 70.9 Å². The maximum Gasteiger partial charge on any atom is 0.305 e. The van der Waals surface area contributed by atoms with Crippen molar-refractivity contribution in [2.24, 2.45) is 45.9 Å². The van der Waals surface area contributed by atoms with Gasteiger partial charge in [-0.05, 0) is 81.7 Å². The number of rotatable bonds is 31. The Balaban J connectivity index is 1.79. The monoisotopic (exact) mass is 1440 g/mol. The van der Waals surface area contributed by atoms with Crippen molar-refractivity contribution in [3.8, 4) is 0 Å². The van der Waals surface area contributed by atoms with E-state index in [1.54, 1.807) is 58.0 Å². The van der Waals surface area contributed by atoms with E-state index < -0.39 is 199 Å². The van der Waals surface area contributed by atoms with Crippen LogP contribution in [0.1, 0.15) is 144 Å². The molecule has 0 saturated carbocycles. The first kappa shape index (κ1) is 84.3. The van der Waals surface area contributed by atoms with Crippen LogP contribution in [0.15, 0.2) is 47.8 Å². The van der Waals surface area contributed by atoms with Gasteiger partial charge < -0.3 is 96.0 Å². The van der Waals surface area contributed by atoms with E-state index in [1.165, 1.54) is 38.1 Å². The number of nitrogens with one attached hydrogen (secondary N) is 12.